The Hall–Kier alpha value is -1.92. The van der Waals surface area contributed by atoms with Gasteiger partial charge in [-0.15, -0.1) is 11.3 Å². The van der Waals surface area contributed by atoms with Crippen LogP contribution in [0.1, 0.15) is 34.9 Å². The maximum absolute atomic E-state index is 5.42. The Morgan fingerprint density at radius 3 is 2.56 bits per heavy atom. The highest BCUT2D eigenvalue weighted by Gasteiger charge is 2.02. The van der Waals surface area contributed by atoms with Gasteiger partial charge in [-0.2, -0.15) is 0 Å². The molecule has 2 N–H and O–H groups in total. The zero-order chi connectivity index (χ0) is 17.9. The van der Waals surface area contributed by atoms with E-state index in [1.54, 1.807) is 18.4 Å². The number of nitrogens with zero attached hydrogens (tertiary/aromatic N) is 2. The largest absolute Gasteiger partial charge is 0.377 e. The van der Waals surface area contributed by atoms with Gasteiger partial charge in [0.05, 0.1) is 11.6 Å². The summed E-state index contributed by atoms with van der Waals surface area (Å²) >= 11 is 1.79. The van der Waals surface area contributed by atoms with Crippen molar-refractivity contribution >= 4 is 17.3 Å². The van der Waals surface area contributed by atoms with Crippen LogP contribution in [0.15, 0.2) is 35.5 Å². The molecule has 1 aromatic heterocycles. The van der Waals surface area contributed by atoms with E-state index in [9.17, 15) is 0 Å². The van der Waals surface area contributed by atoms with E-state index in [1.165, 1.54) is 21.0 Å². The first kappa shape index (κ1) is 19.4. The second-order valence-corrected chi connectivity index (χ2v) is 6.83. The van der Waals surface area contributed by atoms with Gasteiger partial charge in [0.2, 0.25) is 0 Å². The molecule has 5 nitrogen and oxygen atoms in total. The SMILES string of the molecule is CCOCc1ccc(CNC(=NC)NCCc2ncc(CC)s2)cc1. The number of guanidine groups is 1. The van der Waals surface area contributed by atoms with E-state index in [0.29, 0.717) is 6.61 Å². The van der Waals surface area contributed by atoms with Crippen molar-refractivity contribution in [3.05, 3.63) is 51.5 Å². The Labute approximate surface area is 154 Å². The molecule has 0 saturated carbocycles. The van der Waals surface area contributed by atoms with Gasteiger partial charge in [-0.25, -0.2) is 4.98 Å². The number of hydrogen-bond donors (Lipinski definition) is 2. The van der Waals surface area contributed by atoms with Gasteiger partial charge in [-0.1, -0.05) is 31.2 Å². The first-order valence-corrected chi connectivity index (χ1v) is 9.60. The van der Waals surface area contributed by atoms with Gasteiger partial charge < -0.3 is 15.4 Å². The first-order chi connectivity index (χ1) is 12.2. The molecule has 0 unspecified atom stereocenters. The van der Waals surface area contributed by atoms with E-state index in [1.807, 2.05) is 13.1 Å². The van der Waals surface area contributed by atoms with Crippen molar-refractivity contribution in [3.8, 4) is 0 Å². The van der Waals surface area contributed by atoms with Crippen molar-refractivity contribution in [1.82, 2.24) is 15.6 Å². The second kappa shape index (κ2) is 10.8. The molecule has 0 amide bonds. The minimum atomic E-state index is 0.671. The van der Waals surface area contributed by atoms with Crippen LogP contribution in [-0.2, 0) is 30.7 Å². The molecule has 0 aliphatic rings. The summed E-state index contributed by atoms with van der Waals surface area (Å²) in [7, 11) is 1.79. The Bertz CT molecular complexity index is 652. The van der Waals surface area contributed by atoms with E-state index in [4.69, 9.17) is 4.74 Å². The van der Waals surface area contributed by atoms with E-state index in [-0.39, 0.29) is 0 Å². The molecule has 1 aromatic carbocycles. The normalized spacial score (nSPS) is 11.6. The summed E-state index contributed by atoms with van der Waals surface area (Å²) in [6.07, 6.45) is 3.94. The minimum absolute atomic E-state index is 0.671. The van der Waals surface area contributed by atoms with E-state index in [2.05, 4.69) is 51.8 Å². The van der Waals surface area contributed by atoms with Crippen molar-refractivity contribution in [1.29, 1.82) is 0 Å². The molecule has 1 heterocycles. The van der Waals surface area contributed by atoms with Crippen LogP contribution in [0.25, 0.3) is 0 Å². The summed E-state index contributed by atoms with van der Waals surface area (Å²) < 4.78 is 5.42. The van der Waals surface area contributed by atoms with Crippen molar-refractivity contribution in [2.45, 2.75) is 39.8 Å². The third-order valence-electron chi connectivity index (χ3n) is 3.76. The maximum atomic E-state index is 5.42. The smallest absolute Gasteiger partial charge is 0.191 e. The lowest BCUT2D eigenvalue weighted by Gasteiger charge is -2.12. The fourth-order valence-corrected chi connectivity index (χ4v) is 3.16. The van der Waals surface area contributed by atoms with Gasteiger partial charge in [0.25, 0.3) is 0 Å². The van der Waals surface area contributed by atoms with Crippen LogP contribution >= 0.6 is 11.3 Å². The molecule has 6 heteroatoms. The fourth-order valence-electron chi connectivity index (χ4n) is 2.29. The molecule has 0 bridgehead atoms. The van der Waals surface area contributed by atoms with Crippen molar-refractivity contribution in [2.24, 2.45) is 4.99 Å². The standard InChI is InChI=1S/C19H28N4OS/c1-4-17-13-22-18(25-17)10-11-21-19(20-3)23-12-15-6-8-16(9-7-15)14-24-5-2/h6-9,13H,4-5,10-12,14H2,1-3H3,(H2,20,21,23). The number of thiazole rings is 1. The Morgan fingerprint density at radius 2 is 1.92 bits per heavy atom. The first-order valence-electron chi connectivity index (χ1n) is 8.78. The van der Waals surface area contributed by atoms with Gasteiger partial charge in [0, 0.05) is 44.2 Å². The van der Waals surface area contributed by atoms with E-state index in [0.717, 1.165) is 38.5 Å². The monoisotopic (exact) mass is 360 g/mol. The number of aromatic nitrogens is 1. The number of aryl methyl sites for hydroxylation is 1. The number of benzene rings is 1. The summed E-state index contributed by atoms with van der Waals surface area (Å²) in [5, 5.41) is 7.85. The average Bonchev–Trinajstić information content (AvgIpc) is 3.11. The lowest BCUT2D eigenvalue weighted by Crippen LogP contribution is -2.37. The molecule has 0 spiro atoms. The van der Waals surface area contributed by atoms with Crippen LogP contribution in [0, 0.1) is 0 Å². The third kappa shape index (κ3) is 6.84. The zero-order valence-corrected chi connectivity index (χ0v) is 16.2. The predicted molar refractivity (Wildman–Crippen MR) is 105 cm³/mol. The fraction of sp³-hybridized carbons (Fsp3) is 0.474. The van der Waals surface area contributed by atoms with Crippen molar-refractivity contribution in [3.63, 3.8) is 0 Å². The molecular formula is C19H28N4OS. The second-order valence-electron chi connectivity index (χ2n) is 5.63. The van der Waals surface area contributed by atoms with Gasteiger partial charge in [0.1, 0.15) is 0 Å². The minimum Gasteiger partial charge on any atom is -0.377 e. The highest BCUT2D eigenvalue weighted by molar-refractivity contribution is 7.11. The summed E-state index contributed by atoms with van der Waals surface area (Å²) in [4.78, 5) is 10.1. The maximum Gasteiger partial charge on any atom is 0.191 e. The molecule has 2 aromatic rings. The molecule has 0 radical (unpaired) electrons. The molecule has 0 saturated heterocycles. The van der Waals surface area contributed by atoms with Crippen LogP contribution in [0.3, 0.4) is 0 Å². The highest BCUT2D eigenvalue weighted by atomic mass is 32.1. The van der Waals surface area contributed by atoms with Crippen LogP contribution in [0.4, 0.5) is 0 Å². The summed E-state index contributed by atoms with van der Waals surface area (Å²) in [5.41, 5.74) is 2.42. The molecule has 0 aliphatic carbocycles. The van der Waals surface area contributed by atoms with Gasteiger partial charge >= 0.3 is 0 Å². The van der Waals surface area contributed by atoms with Gasteiger partial charge in [-0.05, 0) is 24.5 Å². The summed E-state index contributed by atoms with van der Waals surface area (Å²) in [6.45, 7) is 7.14. The number of aliphatic imine (C=N–C) groups is 1. The lowest BCUT2D eigenvalue weighted by molar-refractivity contribution is 0.134. The van der Waals surface area contributed by atoms with Crippen LogP contribution in [0.2, 0.25) is 0 Å². The molecule has 25 heavy (non-hydrogen) atoms. The van der Waals surface area contributed by atoms with Crippen LogP contribution in [-0.4, -0.2) is 31.1 Å². The number of ether oxygens (including phenoxy) is 1. The molecule has 0 fully saturated rings. The lowest BCUT2D eigenvalue weighted by atomic mass is 10.1. The molecule has 2 rings (SSSR count). The van der Waals surface area contributed by atoms with Crippen molar-refractivity contribution < 1.29 is 4.74 Å². The van der Waals surface area contributed by atoms with Crippen LogP contribution < -0.4 is 10.6 Å². The van der Waals surface area contributed by atoms with Gasteiger partial charge in [-0.3, -0.25) is 4.99 Å². The van der Waals surface area contributed by atoms with Crippen LogP contribution in [0.5, 0.6) is 0 Å². The molecule has 136 valence electrons. The quantitative estimate of drug-likeness (QED) is 0.533. The highest BCUT2D eigenvalue weighted by Crippen LogP contribution is 2.13. The Morgan fingerprint density at radius 1 is 1.16 bits per heavy atom. The Kier molecular flexibility index (Phi) is 8.42. The molecular weight excluding hydrogens is 332 g/mol. The van der Waals surface area contributed by atoms with E-state index >= 15 is 0 Å². The average molecular weight is 361 g/mol. The number of rotatable bonds is 9. The number of hydrogen-bond acceptors (Lipinski definition) is 4. The van der Waals surface area contributed by atoms with Crippen molar-refractivity contribution in [2.75, 3.05) is 20.2 Å². The summed E-state index contributed by atoms with van der Waals surface area (Å²) in [5.74, 6) is 0.811. The van der Waals surface area contributed by atoms with E-state index < -0.39 is 0 Å². The zero-order valence-electron chi connectivity index (χ0n) is 15.3. The molecule has 0 aliphatic heterocycles. The topological polar surface area (TPSA) is 58.5 Å². The third-order valence-corrected chi connectivity index (χ3v) is 4.96. The van der Waals surface area contributed by atoms with Gasteiger partial charge in [0.15, 0.2) is 5.96 Å². The molecule has 0 atom stereocenters. The Balaban J connectivity index is 1.72. The predicted octanol–water partition coefficient (Wildman–Crippen LogP) is 3.15. The number of nitrogens with one attached hydrogen (secondary N) is 2. The summed E-state index contributed by atoms with van der Waals surface area (Å²) in [6, 6.07) is 8.46.